The minimum absolute atomic E-state index is 0.466. The molecule has 2 unspecified atom stereocenters. The van der Waals surface area contributed by atoms with E-state index in [1.54, 1.807) is 0 Å². The van der Waals surface area contributed by atoms with E-state index in [0.29, 0.717) is 5.41 Å². The Balaban J connectivity index is 1.82. The maximum absolute atomic E-state index is 3.73. The second-order valence-corrected chi connectivity index (χ2v) is 6.63. The smallest absolute Gasteiger partial charge is 0.00684 e. The predicted molar refractivity (Wildman–Crippen MR) is 74.3 cm³/mol. The van der Waals surface area contributed by atoms with E-state index in [0.717, 1.165) is 12.1 Å². The first-order chi connectivity index (χ1) is 8.13. The highest BCUT2D eigenvalue weighted by atomic mass is 15.2. The van der Waals surface area contributed by atoms with E-state index in [4.69, 9.17) is 0 Å². The van der Waals surface area contributed by atoms with E-state index < -0.39 is 0 Å². The number of nitrogens with one attached hydrogen (secondary N) is 1. The molecule has 0 radical (unpaired) electrons. The lowest BCUT2D eigenvalue weighted by Crippen LogP contribution is -2.47. The molecule has 2 atom stereocenters. The first-order valence-corrected chi connectivity index (χ1v) is 7.60. The van der Waals surface area contributed by atoms with Crippen LogP contribution in [-0.2, 0) is 0 Å². The van der Waals surface area contributed by atoms with Crippen LogP contribution in [0.2, 0.25) is 0 Å². The zero-order valence-electron chi connectivity index (χ0n) is 12.0. The fraction of sp³-hybridized carbons (Fsp3) is 1.00. The van der Waals surface area contributed by atoms with Crippen molar-refractivity contribution >= 4 is 0 Å². The molecular weight excluding hydrogens is 208 g/mol. The Morgan fingerprint density at radius 1 is 1.24 bits per heavy atom. The predicted octanol–water partition coefficient (Wildman–Crippen LogP) is 3.03. The number of likely N-dealkylation sites (tertiary alicyclic amines) is 1. The van der Waals surface area contributed by atoms with Gasteiger partial charge in [-0.05, 0) is 51.0 Å². The molecule has 2 nitrogen and oxygen atoms in total. The van der Waals surface area contributed by atoms with E-state index in [2.05, 4.69) is 31.0 Å². The second-order valence-electron chi connectivity index (χ2n) is 6.63. The molecule has 0 spiro atoms. The van der Waals surface area contributed by atoms with Crippen molar-refractivity contribution in [2.45, 2.75) is 71.4 Å². The molecule has 0 bridgehead atoms. The Bertz CT molecular complexity index is 237. The van der Waals surface area contributed by atoms with Crippen molar-refractivity contribution in [1.82, 2.24) is 10.2 Å². The quantitative estimate of drug-likeness (QED) is 0.765. The van der Waals surface area contributed by atoms with Gasteiger partial charge < -0.3 is 10.2 Å². The van der Waals surface area contributed by atoms with Crippen LogP contribution in [0.5, 0.6) is 0 Å². The normalized spacial score (nSPS) is 30.2. The van der Waals surface area contributed by atoms with Crippen LogP contribution in [0.3, 0.4) is 0 Å². The zero-order chi connectivity index (χ0) is 12.3. The highest BCUT2D eigenvalue weighted by molar-refractivity contribution is 4.88. The van der Waals surface area contributed by atoms with Crippen LogP contribution in [0.4, 0.5) is 0 Å². The molecule has 0 amide bonds. The van der Waals surface area contributed by atoms with Gasteiger partial charge in [0, 0.05) is 25.2 Å². The maximum atomic E-state index is 3.73. The van der Waals surface area contributed by atoms with E-state index in [1.165, 1.54) is 58.2 Å². The van der Waals surface area contributed by atoms with Gasteiger partial charge in [-0.2, -0.15) is 0 Å². The Labute approximate surface area is 107 Å². The van der Waals surface area contributed by atoms with Gasteiger partial charge in [-0.25, -0.2) is 0 Å². The first-order valence-electron chi connectivity index (χ1n) is 7.60. The van der Waals surface area contributed by atoms with Crippen LogP contribution in [0.1, 0.15) is 59.3 Å². The number of rotatable bonds is 6. The van der Waals surface area contributed by atoms with Crippen molar-refractivity contribution in [2.24, 2.45) is 5.41 Å². The minimum atomic E-state index is 0.466. The SMILES string of the molecule is CCC(C)(CNC1CC1)CN1CCCCC1C. The molecule has 1 aliphatic carbocycles. The summed E-state index contributed by atoms with van der Waals surface area (Å²) in [6, 6.07) is 1.65. The van der Waals surface area contributed by atoms with Crippen LogP contribution < -0.4 is 5.32 Å². The summed E-state index contributed by atoms with van der Waals surface area (Å²) >= 11 is 0. The van der Waals surface area contributed by atoms with E-state index in [9.17, 15) is 0 Å². The van der Waals surface area contributed by atoms with Gasteiger partial charge >= 0.3 is 0 Å². The molecule has 2 fully saturated rings. The van der Waals surface area contributed by atoms with E-state index in [-0.39, 0.29) is 0 Å². The van der Waals surface area contributed by atoms with Crippen LogP contribution >= 0.6 is 0 Å². The van der Waals surface area contributed by atoms with Gasteiger partial charge in [-0.1, -0.05) is 20.3 Å². The molecule has 100 valence electrons. The molecular formula is C15H30N2. The van der Waals surface area contributed by atoms with Crippen molar-refractivity contribution in [3.8, 4) is 0 Å². The molecule has 1 heterocycles. The molecule has 1 N–H and O–H groups in total. The van der Waals surface area contributed by atoms with Gasteiger partial charge in [0.15, 0.2) is 0 Å². The topological polar surface area (TPSA) is 15.3 Å². The summed E-state index contributed by atoms with van der Waals surface area (Å²) in [6.45, 7) is 11.0. The average molecular weight is 238 g/mol. The standard InChI is InChI=1S/C15H30N2/c1-4-15(3,11-16-14-8-9-14)12-17-10-6-5-7-13(17)2/h13-14,16H,4-12H2,1-3H3. The number of piperidine rings is 1. The van der Waals surface area contributed by atoms with E-state index >= 15 is 0 Å². The summed E-state index contributed by atoms with van der Waals surface area (Å²) in [5.41, 5.74) is 0.466. The molecule has 0 aromatic heterocycles. The third kappa shape index (κ3) is 3.96. The van der Waals surface area contributed by atoms with Gasteiger partial charge in [-0.3, -0.25) is 0 Å². The Morgan fingerprint density at radius 3 is 2.59 bits per heavy atom. The molecule has 2 heteroatoms. The Morgan fingerprint density at radius 2 is 2.00 bits per heavy atom. The maximum Gasteiger partial charge on any atom is 0.00684 e. The van der Waals surface area contributed by atoms with Crippen molar-refractivity contribution in [3.05, 3.63) is 0 Å². The summed E-state index contributed by atoms with van der Waals surface area (Å²) in [5, 5.41) is 3.73. The number of hydrogen-bond acceptors (Lipinski definition) is 2. The number of hydrogen-bond donors (Lipinski definition) is 1. The first kappa shape index (κ1) is 13.4. The van der Waals surface area contributed by atoms with Gasteiger partial charge in [0.05, 0.1) is 0 Å². The highest BCUT2D eigenvalue weighted by Crippen LogP contribution is 2.28. The zero-order valence-corrected chi connectivity index (χ0v) is 12.0. The van der Waals surface area contributed by atoms with Gasteiger partial charge in [0.1, 0.15) is 0 Å². The van der Waals surface area contributed by atoms with Crippen molar-refractivity contribution in [1.29, 1.82) is 0 Å². The summed E-state index contributed by atoms with van der Waals surface area (Å²) in [5.74, 6) is 0. The summed E-state index contributed by atoms with van der Waals surface area (Å²) in [6.07, 6.45) is 8.33. The van der Waals surface area contributed by atoms with Crippen LogP contribution in [-0.4, -0.2) is 36.6 Å². The van der Waals surface area contributed by atoms with Crippen molar-refractivity contribution in [2.75, 3.05) is 19.6 Å². The van der Waals surface area contributed by atoms with E-state index in [1.807, 2.05) is 0 Å². The molecule has 0 aromatic carbocycles. The lowest BCUT2D eigenvalue weighted by molar-refractivity contribution is 0.0929. The highest BCUT2D eigenvalue weighted by Gasteiger charge is 2.31. The molecule has 2 rings (SSSR count). The molecule has 17 heavy (non-hydrogen) atoms. The fourth-order valence-corrected chi connectivity index (χ4v) is 2.85. The summed E-state index contributed by atoms with van der Waals surface area (Å²) in [7, 11) is 0. The second kappa shape index (κ2) is 5.71. The minimum Gasteiger partial charge on any atom is -0.313 e. The van der Waals surface area contributed by atoms with Gasteiger partial charge in [0.2, 0.25) is 0 Å². The van der Waals surface area contributed by atoms with Crippen molar-refractivity contribution in [3.63, 3.8) is 0 Å². The van der Waals surface area contributed by atoms with Gasteiger partial charge in [-0.15, -0.1) is 0 Å². The van der Waals surface area contributed by atoms with Crippen LogP contribution in [0, 0.1) is 5.41 Å². The summed E-state index contributed by atoms with van der Waals surface area (Å²) in [4.78, 5) is 2.72. The molecule has 1 aliphatic heterocycles. The number of nitrogens with zero attached hydrogens (tertiary/aromatic N) is 1. The molecule has 1 saturated heterocycles. The third-order valence-corrected chi connectivity index (χ3v) is 4.77. The Kier molecular flexibility index (Phi) is 4.48. The van der Waals surface area contributed by atoms with Gasteiger partial charge in [0.25, 0.3) is 0 Å². The molecule has 2 aliphatic rings. The monoisotopic (exact) mass is 238 g/mol. The van der Waals surface area contributed by atoms with Crippen molar-refractivity contribution < 1.29 is 0 Å². The van der Waals surface area contributed by atoms with Crippen LogP contribution in [0.15, 0.2) is 0 Å². The molecule has 1 saturated carbocycles. The molecule has 0 aromatic rings. The third-order valence-electron chi connectivity index (χ3n) is 4.77. The lowest BCUT2D eigenvalue weighted by atomic mass is 9.85. The fourth-order valence-electron chi connectivity index (χ4n) is 2.85. The lowest BCUT2D eigenvalue weighted by Gasteiger charge is -2.40. The largest absolute Gasteiger partial charge is 0.313 e. The Hall–Kier alpha value is -0.0800. The van der Waals surface area contributed by atoms with Crippen LogP contribution in [0.25, 0.3) is 0 Å². The summed E-state index contributed by atoms with van der Waals surface area (Å²) < 4.78 is 0. The average Bonchev–Trinajstić information content (AvgIpc) is 3.14.